The first-order valence-corrected chi connectivity index (χ1v) is 12.5. The number of hydrogen-bond donors (Lipinski definition) is 2. The van der Waals surface area contributed by atoms with Gasteiger partial charge in [-0.1, -0.05) is 23.2 Å². The molecule has 182 valence electrons. The quantitative estimate of drug-likeness (QED) is 0.456. The molecule has 3 N–H and O–H groups in total. The Hall–Kier alpha value is -3.04. The van der Waals surface area contributed by atoms with Crippen molar-refractivity contribution in [2.45, 2.75) is 50.9 Å². The number of carbonyl (C=O) groups excluding carboxylic acids is 1. The molecule has 4 aliphatic rings. The lowest BCUT2D eigenvalue weighted by Gasteiger charge is -2.61. The first kappa shape index (κ1) is 22.4. The van der Waals surface area contributed by atoms with E-state index in [0.29, 0.717) is 46.7 Å². The Morgan fingerprint density at radius 3 is 2.77 bits per heavy atom. The highest BCUT2D eigenvalue weighted by molar-refractivity contribution is 6.37. The third kappa shape index (κ3) is 4.16. The SMILES string of the molecule is Nc1nc2c(c(-c3c(Cl)cc(Cl)cc3OCCCn3cccn3)n1)CN(C(=O)NC13CC(C1)C3)C2. The van der Waals surface area contributed by atoms with Crippen LogP contribution in [0.1, 0.15) is 36.9 Å². The maximum atomic E-state index is 13.0. The topological polar surface area (TPSA) is 111 Å². The van der Waals surface area contributed by atoms with Crippen molar-refractivity contribution in [1.82, 2.24) is 30.0 Å². The molecule has 2 amide bonds. The minimum atomic E-state index is -0.0806. The number of carbonyl (C=O) groups is 1. The van der Waals surface area contributed by atoms with Crippen LogP contribution in [0.3, 0.4) is 0 Å². The first-order chi connectivity index (χ1) is 16.9. The van der Waals surface area contributed by atoms with Gasteiger partial charge in [0.2, 0.25) is 5.95 Å². The van der Waals surface area contributed by atoms with Crippen LogP contribution in [0.25, 0.3) is 11.3 Å². The molecular formula is C24H25Cl2N7O2. The van der Waals surface area contributed by atoms with Crippen LogP contribution in [0.2, 0.25) is 10.0 Å². The number of benzene rings is 1. The molecule has 3 aromatic rings. The normalized spacial score (nSPS) is 21.8. The van der Waals surface area contributed by atoms with Crippen molar-refractivity contribution in [1.29, 1.82) is 0 Å². The van der Waals surface area contributed by atoms with Crippen molar-refractivity contribution in [3.05, 3.63) is 51.9 Å². The highest BCUT2D eigenvalue weighted by atomic mass is 35.5. The summed E-state index contributed by atoms with van der Waals surface area (Å²) in [5, 5.41) is 8.28. The minimum Gasteiger partial charge on any atom is -0.493 e. The van der Waals surface area contributed by atoms with E-state index in [0.717, 1.165) is 49.4 Å². The van der Waals surface area contributed by atoms with Gasteiger partial charge >= 0.3 is 6.03 Å². The van der Waals surface area contributed by atoms with E-state index in [4.69, 9.17) is 33.7 Å². The first-order valence-electron chi connectivity index (χ1n) is 11.7. The number of nitrogens with one attached hydrogen (secondary N) is 1. The van der Waals surface area contributed by atoms with Crippen molar-refractivity contribution >= 4 is 35.2 Å². The lowest BCUT2D eigenvalue weighted by Crippen LogP contribution is -2.69. The molecule has 3 saturated carbocycles. The molecule has 1 aromatic carbocycles. The molecule has 0 unspecified atom stereocenters. The van der Waals surface area contributed by atoms with Gasteiger partial charge in [0.25, 0.3) is 0 Å². The maximum Gasteiger partial charge on any atom is 0.318 e. The molecular weight excluding hydrogens is 489 g/mol. The third-order valence-corrected chi connectivity index (χ3v) is 7.62. The monoisotopic (exact) mass is 513 g/mol. The second kappa shape index (κ2) is 8.57. The fraction of sp³-hybridized carbons (Fsp3) is 0.417. The van der Waals surface area contributed by atoms with Crippen molar-refractivity contribution in [2.24, 2.45) is 5.92 Å². The van der Waals surface area contributed by atoms with Gasteiger partial charge in [0.1, 0.15) is 5.75 Å². The van der Waals surface area contributed by atoms with Gasteiger partial charge in [-0.25, -0.2) is 14.8 Å². The molecule has 11 heteroatoms. The van der Waals surface area contributed by atoms with Crippen LogP contribution in [0.15, 0.2) is 30.6 Å². The van der Waals surface area contributed by atoms with E-state index in [1.54, 1.807) is 23.2 Å². The van der Waals surface area contributed by atoms with Gasteiger partial charge in [-0.05, 0) is 43.4 Å². The number of hydrogen-bond acceptors (Lipinski definition) is 6. The van der Waals surface area contributed by atoms with Crippen molar-refractivity contribution in [3.8, 4) is 17.0 Å². The number of aryl methyl sites for hydroxylation is 1. The van der Waals surface area contributed by atoms with Crippen molar-refractivity contribution in [2.75, 3.05) is 12.3 Å². The van der Waals surface area contributed by atoms with Gasteiger partial charge in [-0.3, -0.25) is 4.68 Å². The standard InChI is InChI=1S/C24H25Cl2N7O2/c25-15-7-17(26)20(19(8-15)35-6-2-5-33-4-1-3-28-33)21-16-12-32(13-18(16)29-22(27)30-21)23(34)31-24-9-14(10-24)11-24/h1,3-4,7-8,14H,2,5-6,9-13H2,(H,31,34)(H2,27,29,30). The predicted molar refractivity (Wildman–Crippen MR) is 132 cm³/mol. The molecule has 0 atom stereocenters. The summed E-state index contributed by atoms with van der Waals surface area (Å²) in [4.78, 5) is 23.7. The minimum absolute atomic E-state index is 0.000723. The number of halogens is 2. The van der Waals surface area contributed by atoms with E-state index in [1.807, 2.05) is 16.9 Å². The van der Waals surface area contributed by atoms with Gasteiger partial charge in [0.15, 0.2) is 0 Å². The number of fused-ring (bicyclic) bond motifs is 1. The van der Waals surface area contributed by atoms with E-state index in [-0.39, 0.29) is 17.5 Å². The van der Waals surface area contributed by atoms with E-state index in [9.17, 15) is 4.79 Å². The van der Waals surface area contributed by atoms with E-state index >= 15 is 0 Å². The third-order valence-electron chi connectivity index (χ3n) is 7.10. The molecule has 3 fully saturated rings. The molecule has 35 heavy (non-hydrogen) atoms. The molecule has 7 rings (SSSR count). The van der Waals surface area contributed by atoms with Crippen LogP contribution in [-0.2, 0) is 19.6 Å². The summed E-state index contributed by atoms with van der Waals surface area (Å²) in [6.07, 6.45) is 7.64. The van der Waals surface area contributed by atoms with Gasteiger partial charge in [0.05, 0.1) is 41.7 Å². The van der Waals surface area contributed by atoms with E-state index in [1.165, 1.54) is 0 Å². The average molecular weight is 514 g/mol. The highest BCUT2D eigenvalue weighted by Gasteiger charge is 2.57. The fourth-order valence-electron chi connectivity index (χ4n) is 5.30. The zero-order valence-electron chi connectivity index (χ0n) is 19.0. The molecule has 3 heterocycles. The summed E-state index contributed by atoms with van der Waals surface area (Å²) < 4.78 is 7.96. The Balaban J connectivity index is 1.25. The lowest BCUT2D eigenvalue weighted by molar-refractivity contribution is -0.0434. The second-order valence-corrected chi connectivity index (χ2v) is 10.5. The van der Waals surface area contributed by atoms with E-state index < -0.39 is 0 Å². The second-order valence-electron chi connectivity index (χ2n) is 9.63. The van der Waals surface area contributed by atoms with Gasteiger partial charge < -0.3 is 20.7 Å². The van der Waals surface area contributed by atoms with Crippen LogP contribution in [-0.4, -0.2) is 42.8 Å². The van der Waals surface area contributed by atoms with Crippen LogP contribution in [0.5, 0.6) is 5.75 Å². The summed E-state index contributed by atoms with van der Waals surface area (Å²) in [6.45, 7) is 1.89. The number of anilines is 1. The Bertz CT molecular complexity index is 1280. The van der Waals surface area contributed by atoms with Crippen LogP contribution in [0.4, 0.5) is 10.7 Å². The Morgan fingerprint density at radius 2 is 2.06 bits per heavy atom. The lowest BCUT2D eigenvalue weighted by atomic mass is 9.50. The number of nitrogens with zero attached hydrogens (tertiary/aromatic N) is 5. The largest absolute Gasteiger partial charge is 0.493 e. The Kier molecular flexibility index (Phi) is 5.49. The average Bonchev–Trinajstić information content (AvgIpc) is 3.42. The molecule has 2 aromatic heterocycles. The van der Waals surface area contributed by atoms with Crippen molar-refractivity contribution < 1.29 is 9.53 Å². The molecule has 3 aliphatic carbocycles. The summed E-state index contributed by atoms with van der Waals surface area (Å²) in [5.74, 6) is 1.42. The molecule has 1 aliphatic heterocycles. The molecule has 2 bridgehead atoms. The number of amides is 2. The number of ether oxygens (including phenoxy) is 1. The zero-order chi connectivity index (χ0) is 24.2. The molecule has 0 radical (unpaired) electrons. The van der Waals surface area contributed by atoms with Gasteiger partial charge in [-0.15, -0.1) is 0 Å². The number of rotatable bonds is 7. The summed E-state index contributed by atoms with van der Waals surface area (Å²) in [6, 6.07) is 5.18. The molecule has 0 saturated heterocycles. The number of nitrogen functional groups attached to an aromatic ring is 1. The summed E-state index contributed by atoms with van der Waals surface area (Å²) in [5.41, 5.74) is 8.78. The van der Waals surface area contributed by atoms with Crippen LogP contribution in [0, 0.1) is 5.92 Å². The van der Waals surface area contributed by atoms with Crippen LogP contribution < -0.4 is 15.8 Å². The number of aromatic nitrogens is 4. The fourth-order valence-corrected chi connectivity index (χ4v) is 5.86. The summed E-state index contributed by atoms with van der Waals surface area (Å²) >= 11 is 13.0. The Morgan fingerprint density at radius 1 is 1.23 bits per heavy atom. The summed E-state index contributed by atoms with van der Waals surface area (Å²) in [7, 11) is 0. The highest BCUT2D eigenvalue weighted by Crippen LogP contribution is 2.57. The smallest absolute Gasteiger partial charge is 0.318 e. The van der Waals surface area contributed by atoms with Gasteiger partial charge in [-0.2, -0.15) is 5.10 Å². The van der Waals surface area contributed by atoms with E-state index in [2.05, 4.69) is 20.4 Å². The molecule has 0 spiro atoms. The van der Waals surface area contributed by atoms with Crippen molar-refractivity contribution in [3.63, 3.8) is 0 Å². The predicted octanol–water partition coefficient (Wildman–Crippen LogP) is 4.28. The van der Waals surface area contributed by atoms with Crippen LogP contribution >= 0.6 is 23.2 Å². The Labute approximate surface area is 212 Å². The number of urea groups is 1. The molecule has 9 nitrogen and oxygen atoms in total. The van der Waals surface area contributed by atoms with Gasteiger partial charge in [0, 0.05) is 41.5 Å². The maximum absolute atomic E-state index is 13.0. The zero-order valence-corrected chi connectivity index (χ0v) is 20.5. The number of nitrogens with two attached hydrogens (primary N) is 1.